The van der Waals surface area contributed by atoms with Crippen molar-refractivity contribution in [3.05, 3.63) is 30.3 Å². The Kier molecular flexibility index (Phi) is 3.00. The maximum Gasteiger partial charge on any atom is 0.501 e. The number of alkyl halides is 3. The molecule has 0 N–H and O–H groups in total. The van der Waals surface area contributed by atoms with Gasteiger partial charge in [0.1, 0.15) is 0 Å². The van der Waals surface area contributed by atoms with Crippen LogP contribution in [0.4, 0.5) is 17.7 Å². The zero-order valence-electron chi connectivity index (χ0n) is 7.07. The van der Waals surface area contributed by atoms with Crippen LogP contribution in [0.15, 0.2) is 35.2 Å². The summed E-state index contributed by atoms with van der Waals surface area (Å²) in [4.78, 5) is -0.759. The lowest BCUT2D eigenvalue weighted by molar-refractivity contribution is -0.266. The summed E-state index contributed by atoms with van der Waals surface area (Å²) in [6, 6.07) is 5.52. The SMILES string of the molecule is O=S(=O)(c1ccccc1)N(F)C(F)(F)F. The lowest BCUT2D eigenvalue weighted by Gasteiger charge is -2.14. The van der Waals surface area contributed by atoms with Gasteiger partial charge in [-0.1, -0.05) is 18.2 Å². The second-order valence-corrected chi connectivity index (χ2v) is 4.24. The zero-order valence-corrected chi connectivity index (χ0v) is 7.89. The Morgan fingerprint density at radius 3 is 1.93 bits per heavy atom. The van der Waals surface area contributed by atoms with Gasteiger partial charge in [0.25, 0.3) is 10.0 Å². The molecule has 0 aliphatic heterocycles. The van der Waals surface area contributed by atoms with Crippen LogP contribution in [0.25, 0.3) is 0 Å². The third-order valence-corrected chi connectivity index (χ3v) is 2.95. The standard InChI is InChI=1S/C7H5F4NO2S/c8-7(9,10)12(11)15(13,14)6-4-2-1-3-5-6/h1-5H. The maximum atomic E-state index is 12.5. The van der Waals surface area contributed by atoms with Crippen molar-refractivity contribution >= 4 is 10.0 Å². The molecule has 0 unspecified atom stereocenters. The Balaban J connectivity index is 3.16. The minimum Gasteiger partial charge on any atom is -0.204 e. The molecule has 0 radical (unpaired) electrons. The topological polar surface area (TPSA) is 37.4 Å². The summed E-state index contributed by atoms with van der Waals surface area (Å²) in [5.41, 5.74) is 0. The molecule has 3 nitrogen and oxygen atoms in total. The fourth-order valence-electron chi connectivity index (χ4n) is 0.821. The molecule has 84 valence electrons. The summed E-state index contributed by atoms with van der Waals surface area (Å²) in [5.74, 6) is 0. The van der Waals surface area contributed by atoms with E-state index in [1.54, 1.807) is 0 Å². The Hall–Kier alpha value is -1.15. The number of benzene rings is 1. The highest BCUT2D eigenvalue weighted by Crippen LogP contribution is 2.28. The number of nitrogens with zero attached hydrogens (tertiary/aromatic N) is 1. The van der Waals surface area contributed by atoms with Gasteiger partial charge in [0.15, 0.2) is 0 Å². The highest BCUT2D eigenvalue weighted by atomic mass is 32.2. The number of sulfonamides is 1. The lowest BCUT2D eigenvalue weighted by Crippen LogP contribution is -2.36. The molecule has 0 atom stereocenters. The van der Waals surface area contributed by atoms with Crippen LogP contribution >= 0.6 is 0 Å². The molecule has 1 rings (SSSR count). The number of rotatable bonds is 2. The average Bonchev–Trinajstić information content (AvgIpc) is 2.16. The summed E-state index contributed by atoms with van der Waals surface area (Å²) in [6.45, 7) is 0. The minimum absolute atomic E-state index is 0.759. The van der Waals surface area contributed by atoms with Crippen LogP contribution in [0.2, 0.25) is 0 Å². The van der Waals surface area contributed by atoms with Gasteiger partial charge in [0, 0.05) is 0 Å². The van der Waals surface area contributed by atoms with Crippen molar-refractivity contribution in [1.82, 2.24) is 4.53 Å². The van der Waals surface area contributed by atoms with E-state index in [0.717, 1.165) is 12.1 Å². The molecule has 0 spiro atoms. The van der Waals surface area contributed by atoms with Crippen LogP contribution in [0.1, 0.15) is 0 Å². The van der Waals surface area contributed by atoms with Gasteiger partial charge in [-0.3, -0.25) is 0 Å². The quantitative estimate of drug-likeness (QED) is 0.453. The predicted molar refractivity (Wildman–Crippen MR) is 42.6 cm³/mol. The fourth-order valence-corrected chi connectivity index (χ4v) is 1.78. The van der Waals surface area contributed by atoms with Gasteiger partial charge in [0.2, 0.25) is 0 Å². The molecule has 15 heavy (non-hydrogen) atoms. The summed E-state index contributed by atoms with van der Waals surface area (Å²) in [5, 5.41) is 0. The molecule has 0 saturated carbocycles. The monoisotopic (exact) mass is 243 g/mol. The van der Waals surface area contributed by atoms with E-state index in [9.17, 15) is 26.1 Å². The normalized spacial score (nSPS) is 13.1. The van der Waals surface area contributed by atoms with Crippen LogP contribution in [-0.2, 0) is 10.0 Å². The molecular weight excluding hydrogens is 238 g/mol. The van der Waals surface area contributed by atoms with Crippen molar-refractivity contribution in [3.63, 3.8) is 0 Å². The van der Waals surface area contributed by atoms with E-state index in [0.29, 0.717) is 0 Å². The zero-order chi connectivity index (χ0) is 11.7. The first-order valence-electron chi connectivity index (χ1n) is 3.59. The van der Waals surface area contributed by atoms with Gasteiger partial charge in [-0.25, -0.2) is 8.42 Å². The van der Waals surface area contributed by atoms with Gasteiger partial charge in [-0.2, -0.15) is 13.2 Å². The average molecular weight is 243 g/mol. The number of hydrogen-bond donors (Lipinski definition) is 0. The molecule has 0 bridgehead atoms. The molecule has 0 aliphatic carbocycles. The van der Waals surface area contributed by atoms with Crippen LogP contribution in [-0.4, -0.2) is 19.2 Å². The third-order valence-electron chi connectivity index (χ3n) is 1.45. The molecule has 0 amide bonds. The number of halogens is 4. The van der Waals surface area contributed by atoms with Gasteiger partial charge in [-0.15, -0.1) is 4.48 Å². The molecule has 0 fully saturated rings. The molecular formula is C7H5F4NO2S. The molecule has 0 aromatic heterocycles. The first kappa shape index (κ1) is 11.9. The van der Waals surface area contributed by atoms with Gasteiger partial charge >= 0.3 is 6.30 Å². The summed E-state index contributed by atoms with van der Waals surface area (Å²) in [6.07, 6.45) is -5.57. The van der Waals surface area contributed by atoms with E-state index < -0.39 is 25.7 Å². The Morgan fingerprint density at radius 2 is 1.53 bits per heavy atom. The molecule has 8 heteroatoms. The summed E-state index contributed by atoms with van der Waals surface area (Å²) >= 11 is 0. The third kappa shape index (κ3) is 2.45. The Morgan fingerprint density at radius 1 is 1.07 bits per heavy atom. The van der Waals surface area contributed by atoms with E-state index in [2.05, 4.69) is 0 Å². The first-order valence-corrected chi connectivity index (χ1v) is 5.03. The van der Waals surface area contributed by atoms with Gasteiger partial charge in [0.05, 0.1) is 9.42 Å². The second-order valence-electron chi connectivity index (χ2n) is 2.50. The van der Waals surface area contributed by atoms with Crippen molar-refractivity contribution in [2.45, 2.75) is 11.2 Å². The van der Waals surface area contributed by atoms with Crippen molar-refractivity contribution in [2.24, 2.45) is 0 Å². The predicted octanol–water partition coefficient (Wildman–Crippen LogP) is 2.08. The van der Waals surface area contributed by atoms with Gasteiger partial charge < -0.3 is 0 Å². The minimum atomic E-state index is -5.57. The van der Waals surface area contributed by atoms with E-state index in [4.69, 9.17) is 0 Å². The van der Waals surface area contributed by atoms with Crippen molar-refractivity contribution in [2.75, 3.05) is 0 Å². The molecule has 0 heterocycles. The van der Waals surface area contributed by atoms with Gasteiger partial charge in [-0.05, 0) is 12.1 Å². The smallest absolute Gasteiger partial charge is 0.204 e. The molecule has 0 aliphatic rings. The molecule has 0 saturated heterocycles. The second kappa shape index (κ2) is 3.78. The first-order chi connectivity index (χ1) is 6.76. The molecule has 1 aromatic carbocycles. The lowest BCUT2D eigenvalue weighted by atomic mass is 10.4. The summed E-state index contributed by atoms with van der Waals surface area (Å²) in [7, 11) is -5.16. The number of hydrogen-bond acceptors (Lipinski definition) is 2. The van der Waals surface area contributed by atoms with Crippen molar-refractivity contribution < 1.29 is 26.1 Å². The molecule has 1 aromatic rings. The van der Waals surface area contributed by atoms with Crippen molar-refractivity contribution in [1.29, 1.82) is 0 Å². The van der Waals surface area contributed by atoms with Crippen LogP contribution in [0.5, 0.6) is 0 Å². The van der Waals surface area contributed by atoms with E-state index >= 15 is 0 Å². The van der Waals surface area contributed by atoms with E-state index in [1.807, 2.05) is 0 Å². The van der Waals surface area contributed by atoms with Crippen molar-refractivity contribution in [3.8, 4) is 0 Å². The van der Waals surface area contributed by atoms with Crippen LogP contribution < -0.4 is 0 Å². The highest BCUT2D eigenvalue weighted by molar-refractivity contribution is 7.89. The van der Waals surface area contributed by atoms with E-state index in [-0.39, 0.29) is 0 Å². The largest absolute Gasteiger partial charge is 0.501 e. The Bertz CT molecular complexity index is 428. The van der Waals surface area contributed by atoms with E-state index in [1.165, 1.54) is 18.2 Å². The van der Waals surface area contributed by atoms with Crippen LogP contribution in [0.3, 0.4) is 0 Å². The maximum absolute atomic E-state index is 12.5. The summed E-state index contributed by atoms with van der Waals surface area (Å²) < 4.78 is 67.8. The Labute approximate surface area is 82.9 Å². The highest BCUT2D eigenvalue weighted by Gasteiger charge is 2.47. The van der Waals surface area contributed by atoms with Crippen LogP contribution in [0, 0.1) is 0 Å². The fraction of sp³-hybridized carbons (Fsp3) is 0.143.